The van der Waals surface area contributed by atoms with Crippen molar-refractivity contribution >= 4 is 10.0 Å². The van der Waals surface area contributed by atoms with Gasteiger partial charge in [-0.15, -0.1) is 0 Å². The van der Waals surface area contributed by atoms with E-state index in [9.17, 15) is 8.42 Å². The Balaban J connectivity index is 1.52. The van der Waals surface area contributed by atoms with Gasteiger partial charge in [0, 0.05) is 6.04 Å². The van der Waals surface area contributed by atoms with Crippen molar-refractivity contribution in [1.29, 1.82) is 0 Å². The topological polar surface area (TPSA) is 58.2 Å². The first-order chi connectivity index (χ1) is 8.66. The van der Waals surface area contributed by atoms with Crippen molar-refractivity contribution < 1.29 is 8.42 Å². The summed E-state index contributed by atoms with van der Waals surface area (Å²) in [6.07, 6.45) is 0.580. The molecule has 0 spiro atoms. The average molecular weight is 266 g/mol. The predicted molar refractivity (Wildman–Crippen MR) is 70.7 cm³/mol. The minimum Gasteiger partial charge on any atom is -0.316 e. The third kappa shape index (κ3) is 2.58. The number of rotatable bonds is 5. The molecule has 2 aliphatic rings. The minimum atomic E-state index is -3.14. The number of nitrogens with one attached hydrogen (secondary N) is 2. The summed E-state index contributed by atoms with van der Waals surface area (Å²) in [5.74, 6) is 1.23. The Hall–Kier alpha value is -0.910. The molecule has 1 heterocycles. The SMILES string of the molecule is O=S(=O)(CCc1ccccc1)NC1C2CNCC21. The van der Waals surface area contributed by atoms with Crippen molar-refractivity contribution in [3.8, 4) is 0 Å². The van der Waals surface area contributed by atoms with E-state index in [1.54, 1.807) is 0 Å². The second-order valence-corrected chi connectivity index (χ2v) is 7.06. The van der Waals surface area contributed by atoms with Crippen LogP contribution in [0, 0.1) is 11.8 Å². The van der Waals surface area contributed by atoms with E-state index in [2.05, 4.69) is 10.0 Å². The second kappa shape index (κ2) is 4.64. The van der Waals surface area contributed by atoms with E-state index in [1.807, 2.05) is 30.3 Å². The molecule has 3 rings (SSSR count). The minimum absolute atomic E-state index is 0.181. The van der Waals surface area contributed by atoms with Gasteiger partial charge in [-0.3, -0.25) is 0 Å². The monoisotopic (exact) mass is 266 g/mol. The normalized spacial score (nSPS) is 30.1. The third-order valence-electron chi connectivity index (χ3n) is 3.91. The van der Waals surface area contributed by atoms with Gasteiger partial charge in [0.1, 0.15) is 0 Å². The lowest BCUT2D eigenvalue weighted by Crippen LogP contribution is -2.34. The third-order valence-corrected chi connectivity index (χ3v) is 5.28. The molecule has 5 heteroatoms. The quantitative estimate of drug-likeness (QED) is 0.809. The summed E-state index contributed by atoms with van der Waals surface area (Å²) >= 11 is 0. The molecule has 18 heavy (non-hydrogen) atoms. The van der Waals surface area contributed by atoms with Crippen molar-refractivity contribution in [1.82, 2.24) is 10.0 Å². The van der Waals surface area contributed by atoms with E-state index < -0.39 is 10.0 Å². The van der Waals surface area contributed by atoms with Crippen molar-refractivity contribution in [2.24, 2.45) is 11.8 Å². The van der Waals surface area contributed by atoms with Crippen molar-refractivity contribution in [3.05, 3.63) is 35.9 Å². The Labute approximate surface area is 108 Å². The van der Waals surface area contributed by atoms with Gasteiger partial charge in [-0.25, -0.2) is 13.1 Å². The molecule has 2 unspecified atom stereocenters. The number of sulfonamides is 1. The van der Waals surface area contributed by atoms with Crippen LogP contribution < -0.4 is 10.0 Å². The molecular weight excluding hydrogens is 248 g/mol. The zero-order chi connectivity index (χ0) is 12.6. The van der Waals surface area contributed by atoms with Gasteiger partial charge in [0.15, 0.2) is 0 Å². The lowest BCUT2D eigenvalue weighted by atomic mass is 10.2. The van der Waals surface area contributed by atoms with Crippen LogP contribution in [0.5, 0.6) is 0 Å². The molecule has 0 amide bonds. The van der Waals surface area contributed by atoms with Gasteiger partial charge in [0.2, 0.25) is 10.0 Å². The molecular formula is C13H18N2O2S. The van der Waals surface area contributed by atoms with E-state index in [1.165, 1.54) is 0 Å². The Morgan fingerprint density at radius 2 is 1.83 bits per heavy atom. The Bertz CT molecular complexity index is 505. The number of hydrogen-bond acceptors (Lipinski definition) is 3. The van der Waals surface area contributed by atoms with Crippen LogP contribution in [0.3, 0.4) is 0 Å². The second-order valence-electron chi connectivity index (χ2n) is 5.18. The summed E-state index contributed by atoms with van der Waals surface area (Å²) < 4.78 is 26.7. The van der Waals surface area contributed by atoms with Crippen molar-refractivity contribution in [2.45, 2.75) is 12.5 Å². The molecule has 98 valence electrons. The number of hydrogen-bond donors (Lipinski definition) is 2. The highest BCUT2D eigenvalue weighted by atomic mass is 32.2. The van der Waals surface area contributed by atoms with Crippen LogP contribution in [-0.2, 0) is 16.4 Å². The van der Waals surface area contributed by atoms with Gasteiger partial charge in [-0.1, -0.05) is 30.3 Å². The van der Waals surface area contributed by atoms with Crippen LogP contribution in [0.1, 0.15) is 5.56 Å². The summed E-state index contributed by atoms with van der Waals surface area (Å²) in [5.41, 5.74) is 1.07. The number of benzene rings is 1. The first kappa shape index (κ1) is 12.1. The molecule has 0 radical (unpaired) electrons. The van der Waals surface area contributed by atoms with Gasteiger partial charge >= 0.3 is 0 Å². The maximum absolute atomic E-state index is 12.0. The Morgan fingerprint density at radius 3 is 2.50 bits per heavy atom. The van der Waals surface area contributed by atoms with E-state index in [-0.39, 0.29) is 11.8 Å². The van der Waals surface area contributed by atoms with E-state index in [0.29, 0.717) is 18.3 Å². The summed E-state index contributed by atoms with van der Waals surface area (Å²) in [7, 11) is -3.14. The Morgan fingerprint density at radius 1 is 1.17 bits per heavy atom. The number of aryl methyl sites for hydroxylation is 1. The van der Waals surface area contributed by atoms with Crippen LogP contribution in [0.15, 0.2) is 30.3 Å². The van der Waals surface area contributed by atoms with Crippen LogP contribution in [0.25, 0.3) is 0 Å². The van der Waals surface area contributed by atoms with Crippen LogP contribution in [-0.4, -0.2) is 33.3 Å². The van der Waals surface area contributed by atoms with Gasteiger partial charge in [0.05, 0.1) is 5.75 Å². The van der Waals surface area contributed by atoms with E-state index >= 15 is 0 Å². The molecule has 1 saturated carbocycles. The molecule has 0 aromatic heterocycles. The van der Waals surface area contributed by atoms with Crippen LogP contribution in [0.2, 0.25) is 0 Å². The summed E-state index contributed by atoms with van der Waals surface area (Å²) in [6.45, 7) is 1.91. The largest absolute Gasteiger partial charge is 0.316 e. The van der Waals surface area contributed by atoms with Gasteiger partial charge in [-0.05, 0) is 36.9 Å². The number of fused-ring (bicyclic) bond motifs is 1. The average Bonchev–Trinajstić information content (AvgIpc) is 2.80. The maximum atomic E-state index is 12.0. The molecule has 2 fully saturated rings. The summed E-state index contributed by atoms with van der Waals surface area (Å²) in [5, 5.41) is 3.26. The lowest BCUT2D eigenvalue weighted by molar-refractivity contribution is 0.564. The first-order valence-electron chi connectivity index (χ1n) is 6.40. The first-order valence-corrected chi connectivity index (χ1v) is 8.05. The van der Waals surface area contributed by atoms with Crippen molar-refractivity contribution in [2.75, 3.05) is 18.8 Å². The highest BCUT2D eigenvalue weighted by Gasteiger charge is 2.54. The smallest absolute Gasteiger partial charge is 0.212 e. The van der Waals surface area contributed by atoms with Gasteiger partial charge < -0.3 is 5.32 Å². The van der Waals surface area contributed by atoms with Gasteiger partial charge in [0.25, 0.3) is 0 Å². The fourth-order valence-corrected chi connectivity index (χ4v) is 4.14. The zero-order valence-electron chi connectivity index (χ0n) is 10.2. The summed E-state index contributed by atoms with van der Waals surface area (Å²) in [4.78, 5) is 0. The number of piperidine rings is 1. The molecule has 2 N–H and O–H groups in total. The maximum Gasteiger partial charge on any atom is 0.212 e. The van der Waals surface area contributed by atoms with Crippen molar-refractivity contribution in [3.63, 3.8) is 0 Å². The van der Waals surface area contributed by atoms with Crippen LogP contribution in [0.4, 0.5) is 0 Å². The lowest BCUT2D eigenvalue weighted by Gasteiger charge is -2.08. The molecule has 1 aliphatic heterocycles. The van der Waals surface area contributed by atoms with Crippen LogP contribution >= 0.6 is 0 Å². The highest BCUT2D eigenvalue weighted by Crippen LogP contribution is 2.41. The predicted octanol–water partition coefficient (Wildman–Crippen LogP) is 0.366. The molecule has 0 bridgehead atoms. The fourth-order valence-electron chi connectivity index (χ4n) is 2.76. The molecule has 2 atom stereocenters. The molecule has 1 saturated heterocycles. The van der Waals surface area contributed by atoms with E-state index in [0.717, 1.165) is 18.7 Å². The highest BCUT2D eigenvalue weighted by molar-refractivity contribution is 7.89. The van der Waals surface area contributed by atoms with Gasteiger partial charge in [-0.2, -0.15) is 0 Å². The standard InChI is InChI=1S/C13H18N2O2S/c16-18(17,7-6-10-4-2-1-3-5-10)15-13-11-8-14-9-12(11)13/h1-5,11-15H,6-9H2. The molecule has 1 aromatic carbocycles. The fraction of sp³-hybridized carbons (Fsp3) is 0.538. The molecule has 1 aliphatic carbocycles. The summed E-state index contributed by atoms with van der Waals surface area (Å²) in [6, 6.07) is 9.93. The zero-order valence-corrected chi connectivity index (χ0v) is 11.0. The molecule has 1 aromatic rings. The van der Waals surface area contributed by atoms with E-state index in [4.69, 9.17) is 0 Å². The molecule has 4 nitrogen and oxygen atoms in total. The Kier molecular flexibility index (Phi) is 3.13.